The highest BCUT2D eigenvalue weighted by molar-refractivity contribution is 5.81. The molecule has 0 aromatic carbocycles. The van der Waals surface area contributed by atoms with Crippen LogP contribution in [0.3, 0.4) is 0 Å². The smallest absolute Gasteiger partial charge is 0.154 e. The summed E-state index contributed by atoms with van der Waals surface area (Å²) in [5, 5.41) is 16.0. The molecular weight excluding hydrogens is 402 g/mol. The van der Waals surface area contributed by atoms with Crippen LogP contribution in [0.4, 0.5) is 11.6 Å². The summed E-state index contributed by atoms with van der Waals surface area (Å²) in [6, 6.07) is 7.87. The number of hydrogen-bond donors (Lipinski definition) is 1. The Morgan fingerprint density at radius 1 is 0.969 bits per heavy atom. The molecule has 0 radical (unpaired) electrons. The van der Waals surface area contributed by atoms with Gasteiger partial charge in [0, 0.05) is 30.6 Å². The summed E-state index contributed by atoms with van der Waals surface area (Å²) in [6.07, 6.45) is 7.63. The van der Waals surface area contributed by atoms with E-state index >= 15 is 0 Å². The van der Waals surface area contributed by atoms with E-state index in [1.807, 2.05) is 47.5 Å². The maximum absolute atomic E-state index is 5.57. The van der Waals surface area contributed by atoms with Crippen molar-refractivity contribution in [3.8, 4) is 11.1 Å². The van der Waals surface area contributed by atoms with E-state index in [-0.39, 0.29) is 6.10 Å². The second kappa shape index (κ2) is 9.40. The van der Waals surface area contributed by atoms with Crippen molar-refractivity contribution >= 4 is 22.7 Å². The predicted octanol–water partition coefficient (Wildman–Crippen LogP) is 4.82. The lowest BCUT2D eigenvalue weighted by molar-refractivity contribution is 0.0483. The first-order valence-corrected chi connectivity index (χ1v) is 10.8. The standard InChI is InChI=1S/C24H29N7O/c1-15(2)17-9-24(30-26-11-17)29-23-7-6-20-21(28-23)8-18(10-25-20)19-12-27-31(13-19)14-22(32-5)16(3)4/h6-13,15-16,22H,14H2,1-5H3,(H,28,29,30). The minimum atomic E-state index is 0.116. The number of nitrogens with zero attached hydrogens (tertiary/aromatic N) is 6. The van der Waals surface area contributed by atoms with Crippen molar-refractivity contribution in [3.63, 3.8) is 0 Å². The van der Waals surface area contributed by atoms with Crippen LogP contribution >= 0.6 is 0 Å². The molecule has 1 N–H and O–H groups in total. The van der Waals surface area contributed by atoms with Gasteiger partial charge in [-0.2, -0.15) is 10.2 Å². The Bertz CT molecular complexity index is 1200. The molecule has 4 aromatic rings. The zero-order valence-corrected chi connectivity index (χ0v) is 19.1. The van der Waals surface area contributed by atoms with Gasteiger partial charge in [0.25, 0.3) is 0 Å². The third-order valence-corrected chi connectivity index (χ3v) is 5.52. The number of hydrogen-bond acceptors (Lipinski definition) is 7. The Balaban J connectivity index is 1.57. The third-order valence-electron chi connectivity index (χ3n) is 5.52. The Morgan fingerprint density at radius 2 is 1.81 bits per heavy atom. The fraction of sp³-hybridized carbons (Fsp3) is 0.375. The Kier molecular flexibility index (Phi) is 6.41. The van der Waals surface area contributed by atoms with Gasteiger partial charge in [-0.3, -0.25) is 9.67 Å². The molecule has 1 atom stereocenters. The van der Waals surface area contributed by atoms with Crippen molar-refractivity contribution in [2.24, 2.45) is 5.92 Å². The molecule has 1 unspecified atom stereocenters. The molecular formula is C24H29N7O. The molecule has 0 aliphatic rings. The summed E-state index contributed by atoms with van der Waals surface area (Å²) < 4.78 is 7.49. The van der Waals surface area contributed by atoms with Crippen molar-refractivity contribution in [3.05, 3.63) is 54.6 Å². The molecule has 0 amide bonds. The molecule has 8 heteroatoms. The number of methoxy groups -OCH3 is 1. The monoisotopic (exact) mass is 431 g/mol. The predicted molar refractivity (Wildman–Crippen MR) is 126 cm³/mol. The molecule has 4 rings (SSSR count). The largest absolute Gasteiger partial charge is 0.379 e. The first-order valence-electron chi connectivity index (χ1n) is 10.8. The SMILES string of the molecule is COC(Cn1cc(-c2cnc3ccc(Nc4cc(C(C)C)cnn4)nc3c2)cn1)C(C)C. The maximum Gasteiger partial charge on any atom is 0.154 e. The number of pyridine rings is 2. The van der Waals surface area contributed by atoms with Crippen LogP contribution in [-0.2, 0) is 11.3 Å². The van der Waals surface area contributed by atoms with Gasteiger partial charge in [-0.05, 0) is 41.7 Å². The van der Waals surface area contributed by atoms with Gasteiger partial charge >= 0.3 is 0 Å². The van der Waals surface area contributed by atoms with Crippen molar-refractivity contribution < 1.29 is 4.74 Å². The Labute approximate surface area is 188 Å². The van der Waals surface area contributed by atoms with E-state index in [4.69, 9.17) is 9.72 Å². The van der Waals surface area contributed by atoms with Crippen LogP contribution in [0.5, 0.6) is 0 Å². The molecule has 32 heavy (non-hydrogen) atoms. The molecule has 8 nitrogen and oxygen atoms in total. The van der Waals surface area contributed by atoms with Crippen LogP contribution in [-0.4, -0.2) is 43.2 Å². The zero-order valence-electron chi connectivity index (χ0n) is 19.1. The topological polar surface area (TPSA) is 90.6 Å². The van der Waals surface area contributed by atoms with Crippen LogP contribution in [0.2, 0.25) is 0 Å². The number of aromatic nitrogens is 6. The third kappa shape index (κ3) is 4.91. The number of ether oxygens (including phenoxy) is 1. The maximum atomic E-state index is 5.57. The van der Waals surface area contributed by atoms with Gasteiger partial charge in [0.15, 0.2) is 5.82 Å². The van der Waals surface area contributed by atoms with Gasteiger partial charge in [-0.25, -0.2) is 4.98 Å². The Morgan fingerprint density at radius 3 is 2.56 bits per heavy atom. The van der Waals surface area contributed by atoms with Crippen LogP contribution in [0.15, 0.2) is 49.1 Å². The first kappa shape index (κ1) is 21.8. The summed E-state index contributed by atoms with van der Waals surface area (Å²) in [7, 11) is 1.74. The van der Waals surface area contributed by atoms with Crippen molar-refractivity contribution in [1.29, 1.82) is 0 Å². The second-order valence-corrected chi connectivity index (χ2v) is 8.58. The van der Waals surface area contributed by atoms with E-state index in [1.165, 1.54) is 0 Å². The van der Waals surface area contributed by atoms with Crippen LogP contribution in [0, 0.1) is 5.92 Å². The van der Waals surface area contributed by atoms with Crippen molar-refractivity contribution in [2.45, 2.75) is 46.3 Å². The minimum Gasteiger partial charge on any atom is -0.379 e. The molecule has 0 saturated carbocycles. The second-order valence-electron chi connectivity index (χ2n) is 8.58. The molecule has 4 heterocycles. The quantitative estimate of drug-likeness (QED) is 0.428. The molecule has 0 aliphatic heterocycles. The number of anilines is 2. The lowest BCUT2D eigenvalue weighted by Gasteiger charge is -2.18. The van der Waals surface area contributed by atoms with Crippen molar-refractivity contribution in [1.82, 2.24) is 29.9 Å². The number of nitrogens with one attached hydrogen (secondary N) is 1. The van der Waals surface area contributed by atoms with E-state index in [2.05, 4.69) is 53.3 Å². The fourth-order valence-electron chi connectivity index (χ4n) is 3.48. The average Bonchev–Trinajstić information content (AvgIpc) is 3.25. The summed E-state index contributed by atoms with van der Waals surface area (Å²) >= 11 is 0. The highest BCUT2D eigenvalue weighted by atomic mass is 16.5. The van der Waals surface area contributed by atoms with Crippen LogP contribution in [0.1, 0.15) is 39.2 Å². The van der Waals surface area contributed by atoms with E-state index in [0.717, 1.165) is 27.7 Å². The minimum absolute atomic E-state index is 0.116. The van der Waals surface area contributed by atoms with Gasteiger partial charge < -0.3 is 10.1 Å². The van der Waals surface area contributed by atoms with E-state index in [9.17, 15) is 0 Å². The lowest BCUT2D eigenvalue weighted by Crippen LogP contribution is -2.24. The molecule has 0 fully saturated rings. The van der Waals surface area contributed by atoms with Gasteiger partial charge in [-0.15, -0.1) is 5.10 Å². The molecule has 0 aliphatic carbocycles. The molecule has 166 valence electrons. The number of rotatable bonds is 8. The fourth-order valence-corrected chi connectivity index (χ4v) is 3.48. The highest BCUT2D eigenvalue weighted by Crippen LogP contribution is 2.24. The van der Waals surface area contributed by atoms with Crippen LogP contribution < -0.4 is 5.32 Å². The summed E-state index contributed by atoms with van der Waals surface area (Å²) in [6.45, 7) is 9.25. The zero-order chi connectivity index (χ0) is 22.7. The van der Waals surface area contributed by atoms with Crippen LogP contribution in [0.25, 0.3) is 22.2 Å². The number of fused-ring (bicyclic) bond motifs is 1. The summed E-state index contributed by atoms with van der Waals surface area (Å²) in [5.74, 6) is 2.16. The van der Waals surface area contributed by atoms with Gasteiger partial charge in [0.1, 0.15) is 5.82 Å². The first-order chi connectivity index (χ1) is 15.4. The summed E-state index contributed by atoms with van der Waals surface area (Å²) in [4.78, 5) is 9.31. The molecule has 0 saturated heterocycles. The normalized spacial score (nSPS) is 12.6. The van der Waals surface area contributed by atoms with Gasteiger partial charge in [0.2, 0.25) is 0 Å². The average molecular weight is 432 g/mol. The van der Waals surface area contributed by atoms with Gasteiger partial charge in [-0.1, -0.05) is 27.7 Å². The highest BCUT2D eigenvalue weighted by Gasteiger charge is 2.14. The van der Waals surface area contributed by atoms with E-state index < -0.39 is 0 Å². The van der Waals surface area contributed by atoms with Gasteiger partial charge in [0.05, 0.1) is 36.1 Å². The van der Waals surface area contributed by atoms with E-state index in [1.54, 1.807) is 13.3 Å². The summed E-state index contributed by atoms with van der Waals surface area (Å²) in [5.41, 5.74) is 4.71. The molecule has 0 bridgehead atoms. The molecule has 0 spiro atoms. The Hall–Kier alpha value is -3.39. The molecule has 4 aromatic heterocycles. The van der Waals surface area contributed by atoms with E-state index in [0.29, 0.717) is 30.0 Å². The van der Waals surface area contributed by atoms with Crippen molar-refractivity contribution in [2.75, 3.05) is 12.4 Å². The lowest BCUT2D eigenvalue weighted by atomic mass is 10.1.